The third-order valence-corrected chi connectivity index (χ3v) is 4.91. The van der Waals surface area contributed by atoms with Gasteiger partial charge >= 0.3 is 0 Å². The Bertz CT molecular complexity index is 507. The molecule has 0 aromatic heterocycles. The zero-order chi connectivity index (χ0) is 15.1. The van der Waals surface area contributed by atoms with Gasteiger partial charge < -0.3 is 15.7 Å². The van der Waals surface area contributed by atoms with Crippen molar-refractivity contribution in [3.8, 4) is 0 Å². The Labute approximate surface area is 120 Å². The number of para-hydroxylation sites is 1. The number of aliphatic hydroxyl groups is 1. The lowest BCUT2D eigenvalue weighted by molar-refractivity contribution is -0.123. The number of nitrogens with zero attached hydrogens (tertiary/aromatic N) is 1. The normalized spacial score (nSPS) is 28.0. The Hall–Kier alpha value is -1.39. The van der Waals surface area contributed by atoms with Gasteiger partial charge in [0.1, 0.15) is 6.23 Å². The van der Waals surface area contributed by atoms with E-state index >= 15 is 0 Å². The van der Waals surface area contributed by atoms with Crippen LogP contribution in [-0.2, 0) is 4.79 Å². The summed E-state index contributed by atoms with van der Waals surface area (Å²) in [5.74, 6) is -0.222. The average Bonchev–Trinajstić information content (AvgIpc) is 2.64. The summed E-state index contributed by atoms with van der Waals surface area (Å²) in [6, 6.07) is 6.00. The lowest BCUT2D eigenvalue weighted by Crippen LogP contribution is -2.46. The van der Waals surface area contributed by atoms with Crippen LogP contribution in [-0.4, -0.2) is 23.8 Å². The first-order valence-corrected chi connectivity index (χ1v) is 7.16. The highest BCUT2D eigenvalue weighted by Crippen LogP contribution is 2.44. The maximum atomic E-state index is 12.6. The molecule has 0 aliphatic carbocycles. The fraction of sp³-hybridized carbons (Fsp3) is 0.562. The third-order valence-electron chi connectivity index (χ3n) is 4.91. The molecule has 1 heterocycles. The highest BCUT2D eigenvalue weighted by molar-refractivity contribution is 5.99. The second-order valence-corrected chi connectivity index (χ2v) is 5.92. The van der Waals surface area contributed by atoms with Crippen LogP contribution in [0.3, 0.4) is 0 Å². The van der Waals surface area contributed by atoms with Crippen LogP contribution in [0, 0.1) is 25.2 Å². The first-order valence-electron chi connectivity index (χ1n) is 7.16. The van der Waals surface area contributed by atoms with E-state index in [1.807, 2.05) is 45.9 Å². The summed E-state index contributed by atoms with van der Waals surface area (Å²) < 4.78 is 0. The van der Waals surface area contributed by atoms with Gasteiger partial charge in [-0.1, -0.05) is 32.0 Å². The van der Waals surface area contributed by atoms with Crippen LogP contribution in [0.25, 0.3) is 0 Å². The predicted octanol–water partition coefficient (Wildman–Crippen LogP) is 1.96. The average molecular weight is 276 g/mol. The zero-order valence-corrected chi connectivity index (χ0v) is 12.7. The fourth-order valence-corrected chi connectivity index (χ4v) is 3.39. The van der Waals surface area contributed by atoms with Crippen LogP contribution in [0.15, 0.2) is 18.2 Å². The summed E-state index contributed by atoms with van der Waals surface area (Å²) >= 11 is 0. The SMILES string of the molecule is CCC1([C@H](N)O)CN(c2c(C)cccc2C)C(=O)[C@H]1C. The maximum absolute atomic E-state index is 12.6. The number of aliphatic hydroxyl groups excluding tert-OH is 1. The molecule has 1 aliphatic rings. The van der Waals surface area contributed by atoms with E-state index in [2.05, 4.69) is 0 Å². The molecule has 3 atom stereocenters. The standard InChI is InChI=1S/C16H24N2O2/c1-5-16(15(17)20)9-18(14(19)12(16)4)13-10(2)7-6-8-11(13)3/h6-8,12,15,20H,5,9,17H2,1-4H3/t12-,15-,16?/m1/s1. The number of amides is 1. The molecular formula is C16H24N2O2. The lowest BCUT2D eigenvalue weighted by atomic mass is 9.75. The molecule has 4 heteroatoms. The minimum absolute atomic E-state index is 0.0498. The molecule has 0 saturated carbocycles. The molecule has 0 radical (unpaired) electrons. The molecule has 0 spiro atoms. The molecular weight excluding hydrogens is 252 g/mol. The van der Waals surface area contributed by atoms with Crippen LogP contribution >= 0.6 is 0 Å². The second kappa shape index (κ2) is 5.19. The van der Waals surface area contributed by atoms with Crippen LogP contribution in [0.1, 0.15) is 31.4 Å². The van der Waals surface area contributed by atoms with Gasteiger partial charge in [0, 0.05) is 23.6 Å². The van der Waals surface area contributed by atoms with Crippen LogP contribution in [0.4, 0.5) is 5.69 Å². The van der Waals surface area contributed by atoms with Gasteiger partial charge in [-0.15, -0.1) is 0 Å². The van der Waals surface area contributed by atoms with Crippen molar-refractivity contribution < 1.29 is 9.90 Å². The van der Waals surface area contributed by atoms with Crippen molar-refractivity contribution in [1.29, 1.82) is 0 Å². The van der Waals surface area contributed by atoms with Crippen molar-refractivity contribution in [3.05, 3.63) is 29.3 Å². The van der Waals surface area contributed by atoms with E-state index in [1.54, 1.807) is 4.90 Å². The molecule has 1 saturated heterocycles. The molecule has 3 N–H and O–H groups in total. The fourth-order valence-electron chi connectivity index (χ4n) is 3.39. The van der Waals surface area contributed by atoms with Crippen molar-refractivity contribution in [2.45, 2.75) is 40.3 Å². The van der Waals surface area contributed by atoms with Gasteiger partial charge in [-0.25, -0.2) is 0 Å². The second-order valence-electron chi connectivity index (χ2n) is 5.92. The number of aryl methyl sites for hydroxylation is 2. The van der Waals surface area contributed by atoms with E-state index in [0.717, 1.165) is 16.8 Å². The molecule has 1 aliphatic heterocycles. The molecule has 110 valence electrons. The molecule has 4 nitrogen and oxygen atoms in total. The number of carbonyl (C=O) groups is 1. The lowest BCUT2D eigenvalue weighted by Gasteiger charge is -2.33. The molecule has 1 amide bonds. The minimum Gasteiger partial charge on any atom is -0.378 e. The van der Waals surface area contributed by atoms with E-state index in [1.165, 1.54) is 0 Å². The monoisotopic (exact) mass is 276 g/mol. The summed E-state index contributed by atoms with van der Waals surface area (Å²) in [6.07, 6.45) is -0.306. The number of anilines is 1. The number of nitrogens with two attached hydrogens (primary N) is 1. The summed E-state index contributed by atoms with van der Waals surface area (Å²) in [7, 11) is 0. The highest BCUT2D eigenvalue weighted by Gasteiger charge is 2.52. The quantitative estimate of drug-likeness (QED) is 0.829. The summed E-state index contributed by atoms with van der Waals surface area (Å²) in [6.45, 7) is 8.34. The Balaban J connectivity index is 2.48. The summed E-state index contributed by atoms with van der Waals surface area (Å²) in [5, 5.41) is 9.99. The van der Waals surface area contributed by atoms with Crippen molar-refractivity contribution in [1.82, 2.24) is 0 Å². The van der Waals surface area contributed by atoms with Crippen molar-refractivity contribution in [2.24, 2.45) is 17.1 Å². The number of benzene rings is 1. The largest absolute Gasteiger partial charge is 0.378 e. The first kappa shape index (κ1) is 15.0. The van der Waals surface area contributed by atoms with Crippen LogP contribution in [0.2, 0.25) is 0 Å². The topological polar surface area (TPSA) is 66.6 Å². The Morgan fingerprint density at radius 2 is 2.00 bits per heavy atom. The Morgan fingerprint density at radius 1 is 1.45 bits per heavy atom. The van der Waals surface area contributed by atoms with Crippen molar-refractivity contribution in [2.75, 3.05) is 11.4 Å². The van der Waals surface area contributed by atoms with Gasteiger partial charge in [-0.3, -0.25) is 4.79 Å². The van der Waals surface area contributed by atoms with Gasteiger partial charge in [-0.2, -0.15) is 0 Å². The van der Waals surface area contributed by atoms with E-state index in [0.29, 0.717) is 13.0 Å². The zero-order valence-electron chi connectivity index (χ0n) is 12.7. The number of hydrogen-bond donors (Lipinski definition) is 2. The maximum Gasteiger partial charge on any atom is 0.230 e. The number of carbonyl (C=O) groups excluding carboxylic acids is 1. The Kier molecular flexibility index (Phi) is 3.89. The minimum atomic E-state index is -0.985. The third kappa shape index (κ3) is 2.03. The molecule has 0 bridgehead atoms. The molecule has 20 heavy (non-hydrogen) atoms. The smallest absolute Gasteiger partial charge is 0.230 e. The molecule has 1 fully saturated rings. The van der Waals surface area contributed by atoms with Gasteiger partial charge in [0.2, 0.25) is 5.91 Å². The number of hydrogen-bond acceptors (Lipinski definition) is 3. The molecule has 1 aromatic rings. The van der Waals surface area contributed by atoms with Crippen molar-refractivity contribution >= 4 is 11.6 Å². The number of rotatable bonds is 3. The van der Waals surface area contributed by atoms with E-state index in [9.17, 15) is 9.90 Å². The summed E-state index contributed by atoms with van der Waals surface area (Å²) in [4.78, 5) is 14.4. The summed E-state index contributed by atoms with van der Waals surface area (Å²) in [5.41, 5.74) is 8.33. The van der Waals surface area contributed by atoms with Gasteiger partial charge in [0.25, 0.3) is 0 Å². The first-order chi connectivity index (χ1) is 9.35. The van der Waals surface area contributed by atoms with Gasteiger partial charge in [0.05, 0.1) is 0 Å². The van der Waals surface area contributed by atoms with Gasteiger partial charge in [0.15, 0.2) is 0 Å². The molecule has 1 aromatic carbocycles. The Morgan fingerprint density at radius 3 is 2.40 bits per heavy atom. The molecule has 2 rings (SSSR count). The van der Waals surface area contributed by atoms with Crippen molar-refractivity contribution in [3.63, 3.8) is 0 Å². The predicted molar refractivity (Wildman–Crippen MR) is 80.4 cm³/mol. The van der Waals surface area contributed by atoms with E-state index < -0.39 is 11.6 Å². The van der Waals surface area contributed by atoms with Gasteiger partial charge in [-0.05, 0) is 31.4 Å². The van der Waals surface area contributed by atoms with Crippen LogP contribution < -0.4 is 10.6 Å². The highest BCUT2D eigenvalue weighted by atomic mass is 16.3. The van der Waals surface area contributed by atoms with E-state index in [4.69, 9.17) is 5.73 Å². The van der Waals surface area contributed by atoms with Crippen LogP contribution in [0.5, 0.6) is 0 Å². The van der Waals surface area contributed by atoms with E-state index in [-0.39, 0.29) is 11.8 Å². The molecule has 1 unspecified atom stereocenters.